The lowest BCUT2D eigenvalue weighted by Crippen LogP contribution is -2.34. The van der Waals surface area contributed by atoms with Gasteiger partial charge in [-0.05, 0) is 31.4 Å². The summed E-state index contributed by atoms with van der Waals surface area (Å²) in [6.45, 7) is 0. The van der Waals surface area contributed by atoms with Crippen LogP contribution in [0.5, 0.6) is 0 Å². The fraction of sp³-hybridized carbons (Fsp3) is 0.462. The summed E-state index contributed by atoms with van der Waals surface area (Å²) in [5, 5.41) is 0. The monoisotopic (exact) mass is 294 g/mol. The van der Waals surface area contributed by atoms with Crippen molar-refractivity contribution in [1.29, 1.82) is 0 Å². The van der Waals surface area contributed by atoms with Gasteiger partial charge in [-0.3, -0.25) is 0 Å². The van der Waals surface area contributed by atoms with Crippen LogP contribution in [0.1, 0.15) is 24.8 Å². The number of anilines is 1. The molecule has 0 aliphatic heterocycles. The van der Waals surface area contributed by atoms with Gasteiger partial charge in [0.15, 0.2) is 0 Å². The van der Waals surface area contributed by atoms with Crippen LogP contribution in [-0.4, -0.2) is 20.2 Å². The standard InChI is InChI=1S/C13H15BrN2O/c1-16(2)11-6-3-5-10(14)12(11)13(15-9-17)7-4-8-13/h3,5-6H,4,7-8H2,1-2H3. The highest BCUT2D eigenvalue weighted by Crippen LogP contribution is 2.50. The SMILES string of the molecule is CN(C)c1cccc(Br)c1C1(N=C=O)CCC1. The summed E-state index contributed by atoms with van der Waals surface area (Å²) < 4.78 is 1.02. The molecule has 0 aromatic heterocycles. The molecule has 0 amide bonds. The van der Waals surface area contributed by atoms with Gasteiger partial charge in [-0.2, -0.15) is 4.99 Å². The molecule has 0 unspecified atom stereocenters. The van der Waals surface area contributed by atoms with E-state index >= 15 is 0 Å². The number of aliphatic imine (C=N–C) groups is 1. The Morgan fingerprint density at radius 2 is 2.12 bits per heavy atom. The Labute approximate surface area is 110 Å². The quantitative estimate of drug-likeness (QED) is 0.633. The summed E-state index contributed by atoms with van der Waals surface area (Å²) in [5.74, 6) is 0. The molecule has 1 fully saturated rings. The van der Waals surface area contributed by atoms with Gasteiger partial charge in [-0.15, -0.1) is 0 Å². The molecular weight excluding hydrogens is 280 g/mol. The summed E-state index contributed by atoms with van der Waals surface area (Å²) in [7, 11) is 4.00. The largest absolute Gasteiger partial charge is 0.377 e. The first-order valence-corrected chi connectivity index (χ1v) is 6.45. The highest BCUT2D eigenvalue weighted by Gasteiger charge is 2.42. The zero-order valence-electron chi connectivity index (χ0n) is 10.0. The van der Waals surface area contributed by atoms with E-state index < -0.39 is 0 Å². The minimum absolute atomic E-state index is 0.360. The van der Waals surface area contributed by atoms with Crippen LogP contribution in [0, 0.1) is 0 Å². The number of benzene rings is 1. The van der Waals surface area contributed by atoms with Crippen LogP contribution in [0.25, 0.3) is 0 Å². The van der Waals surface area contributed by atoms with Crippen molar-refractivity contribution in [1.82, 2.24) is 0 Å². The van der Waals surface area contributed by atoms with Crippen LogP contribution in [0.3, 0.4) is 0 Å². The third-order valence-electron chi connectivity index (χ3n) is 3.38. The lowest BCUT2D eigenvalue weighted by molar-refractivity contribution is 0.255. The molecule has 17 heavy (non-hydrogen) atoms. The van der Waals surface area contributed by atoms with Crippen molar-refractivity contribution in [3.63, 3.8) is 0 Å². The Balaban J connectivity index is 2.60. The maximum atomic E-state index is 10.7. The molecule has 0 spiro atoms. The van der Waals surface area contributed by atoms with Gasteiger partial charge in [0.05, 0.1) is 0 Å². The van der Waals surface area contributed by atoms with E-state index in [9.17, 15) is 4.79 Å². The Morgan fingerprint density at radius 1 is 1.41 bits per heavy atom. The van der Waals surface area contributed by atoms with E-state index in [0.29, 0.717) is 0 Å². The van der Waals surface area contributed by atoms with Crippen molar-refractivity contribution in [3.05, 3.63) is 28.2 Å². The van der Waals surface area contributed by atoms with Crippen LogP contribution in [-0.2, 0) is 10.3 Å². The molecule has 0 N–H and O–H groups in total. The van der Waals surface area contributed by atoms with Gasteiger partial charge in [-0.1, -0.05) is 22.0 Å². The van der Waals surface area contributed by atoms with E-state index in [0.717, 1.165) is 35.0 Å². The average molecular weight is 295 g/mol. The summed E-state index contributed by atoms with van der Waals surface area (Å²) in [6, 6.07) is 6.06. The second-order valence-electron chi connectivity index (χ2n) is 4.62. The number of halogens is 1. The Bertz CT molecular complexity index is 474. The van der Waals surface area contributed by atoms with Crippen molar-refractivity contribution in [2.45, 2.75) is 24.8 Å². The third-order valence-corrected chi connectivity index (χ3v) is 4.04. The number of isocyanates is 1. The Kier molecular flexibility index (Phi) is 3.36. The zero-order valence-corrected chi connectivity index (χ0v) is 11.6. The molecule has 0 saturated heterocycles. The molecule has 3 nitrogen and oxygen atoms in total. The number of nitrogens with zero attached hydrogens (tertiary/aromatic N) is 2. The molecular formula is C13H15BrN2O. The first kappa shape index (κ1) is 12.3. The highest BCUT2D eigenvalue weighted by molar-refractivity contribution is 9.10. The minimum Gasteiger partial charge on any atom is -0.377 e. The first-order chi connectivity index (χ1) is 8.10. The van der Waals surface area contributed by atoms with Crippen LogP contribution in [0.4, 0.5) is 5.69 Å². The molecule has 90 valence electrons. The van der Waals surface area contributed by atoms with Gasteiger partial charge in [0.2, 0.25) is 6.08 Å². The van der Waals surface area contributed by atoms with Gasteiger partial charge < -0.3 is 4.90 Å². The molecule has 0 atom stereocenters. The predicted molar refractivity (Wildman–Crippen MR) is 72.1 cm³/mol. The molecule has 1 aliphatic rings. The summed E-state index contributed by atoms with van der Waals surface area (Å²) in [5.41, 5.74) is 1.86. The zero-order chi connectivity index (χ0) is 12.5. The van der Waals surface area contributed by atoms with Gasteiger partial charge in [0, 0.05) is 29.8 Å². The van der Waals surface area contributed by atoms with Gasteiger partial charge in [0.25, 0.3) is 0 Å². The first-order valence-electron chi connectivity index (χ1n) is 5.66. The molecule has 2 rings (SSSR count). The fourth-order valence-electron chi connectivity index (χ4n) is 2.36. The lowest BCUT2D eigenvalue weighted by atomic mass is 9.71. The normalized spacial score (nSPS) is 16.9. The number of rotatable bonds is 3. The molecule has 0 radical (unpaired) electrons. The van der Waals surface area contributed by atoms with Crippen LogP contribution in [0.15, 0.2) is 27.7 Å². The van der Waals surface area contributed by atoms with E-state index in [1.165, 1.54) is 0 Å². The van der Waals surface area contributed by atoms with Crippen LogP contribution >= 0.6 is 15.9 Å². The van der Waals surface area contributed by atoms with E-state index in [1.54, 1.807) is 6.08 Å². The van der Waals surface area contributed by atoms with Crippen molar-refractivity contribution < 1.29 is 4.79 Å². The molecule has 0 bridgehead atoms. The van der Waals surface area contributed by atoms with Gasteiger partial charge >= 0.3 is 0 Å². The predicted octanol–water partition coefficient (Wildman–Crippen LogP) is 3.23. The van der Waals surface area contributed by atoms with Crippen molar-refractivity contribution in [2.24, 2.45) is 4.99 Å². The molecule has 1 aromatic rings. The van der Waals surface area contributed by atoms with Crippen LogP contribution in [0.2, 0.25) is 0 Å². The van der Waals surface area contributed by atoms with E-state index in [1.807, 2.05) is 26.2 Å². The van der Waals surface area contributed by atoms with E-state index in [-0.39, 0.29) is 5.54 Å². The number of carbonyl (C=O) groups excluding carboxylic acids is 1. The Morgan fingerprint density at radius 3 is 2.59 bits per heavy atom. The van der Waals surface area contributed by atoms with Crippen molar-refractivity contribution >= 4 is 27.7 Å². The third kappa shape index (κ3) is 2.03. The smallest absolute Gasteiger partial charge is 0.235 e. The summed E-state index contributed by atoms with van der Waals surface area (Å²) in [4.78, 5) is 16.8. The van der Waals surface area contributed by atoms with Gasteiger partial charge in [-0.25, -0.2) is 4.79 Å². The fourth-order valence-corrected chi connectivity index (χ4v) is 3.09. The number of hydrogen-bond acceptors (Lipinski definition) is 3. The molecule has 1 aromatic carbocycles. The summed E-state index contributed by atoms with van der Waals surface area (Å²) in [6.07, 6.45) is 4.69. The maximum absolute atomic E-state index is 10.7. The van der Waals surface area contributed by atoms with Crippen molar-refractivity contribution in [3.8, 4) is 0 Å². The van der Waals surface area contributed by atoms with Crippen LogP contribution < -0.4 is 4.90 Å². The highest BCUT2D eigenvalue weighted by atomic mass is 79.9. The van der Waals surface area contributed by atoms with E-state index in [4.69, 9.17) is 0 Å². The minimum atomic E-state index is -0.360. The summed E-state index contributed by atoms with van der Waals surface area (Å²) >= 11 is 3.58. The maximum Gasteiger partial charge on any atom is 0.235 e. The number of hydrogen-bond donors (Lipinski definition) is 0. The molecule has 0 heterocycles. The van der Waals surface area contributed by atoms with Crippen molar-refractivity contribution in [2.75, 3.05) is 19.0 Å². The molecule has 1 saturated carbocycles. The van der Waals surface area contributed by atoms with E-state index in [2.05, 4.69) is 31.9 Å². The molecule has 1 aliphatic carbocycles. The topological polar surface area (TPSA) is 32.7 Å². The average Bonchev–Trinajstić information content (AvgIpc) is 2.23. The Hall–Kier alpha value is -1.12. The molecule has 4 heteroatoms. The second-order valence-corrected chi connectivity index (χ2v) is 5.47. The second kappa shape index (κ2) is 4.63. The lowest BCUT2D eigenvalue weighted by Gasteiger charge is -2.40. The van der Waals surface area contributed by atoms with Gasteiger partial charge in [0.1, 0.15) is 5.54 Å².